The first-order chi connectivity index (χ1) is 18.0. The molecule has 9 heteroatoms. The quantitative estimate of drug-likeness (QED) is 0.270. The summed E-state index contributed by atoms with van der Waals surface area (Å²) in [5, 5.41) is 20.0. The number of aromatic hydroxyl groups is 1. The van der Waals surface area contributed by atoms with Gasteiger partial charge in [0.1, 0.15) is 5.75 Å². The molecule has 190 valence electrons. The van der Waals surface area contributed by atoms with Gasteiger partial charge in [-0.25, -0.2) is 0 Å². The number of piperidine rings is 1. The van der Waals surface area contributed by atoms with Crippen LogP contribution in [-0.4, -0.2) is 48.8 Å². The highest BCUT2D eigenvalue weighted by Crippen LogP contribution is 2.33. The number of phenolic OH excluding ortho intramolecular Hbond substituents is 1. The second kappa shape index (κ2) is 9.40. The fourth-order valence-corrected chi connectivity index (χ4v) is 5.04. The van der Waals surface area contributed by atoms with Gasteiger partial charge in [-0.05, 0) is 37.0 Å². The van der Waals surface area contributed by atoms with Gasteiger partial charge in [-0.15, -0.1) is 0 Å². The van der Waals surface area contributed by atoms with E-state index in [0.29, 0.717) is 18.4 Å². The lowest BCUT2D eigenvalue weighted by Crippen LogP contribution is -2.40. The predicted molar refractivity (Wildman–Crippen MR) is 147 cm³/mol. The smallest absolute Gasteiger partial charge is 0.230 e. The van der Waals surface area contributed by atoms with E-state index in [-0.39, 0.29) is 17.7 Å². The zero-order chi connectivity index (χ0) is 25.5. The maximum absolute atomic E-state index is 10.8. The molecule has 0 spiro atoms. The molecule has 6 rings (SSSR count). The second-order valence-corrected chi connectivity index (χ2v) is 10.1. The third-order valence-corrected chi connectivity index (χ3v) is 7.22. The van der Waals surface area contributed by atoms with Gasteiger partial charge >= 0.3 is 0 Å². The maximum atomic E-state index is 10.8. The van der Waals surface area contributed by atoms with Gasteiger partial charge in [-0.1, -0.05) is 44.2 Å². The van der Waals surface area contributed by atoms with E-state index in [9.17, 15) is 5.11 Å². The Morgan fingerprint density at radius 1 is 1.11 bits per heavy atom. The van der Waals surface area contributed by atoms with Crippen molar-refractivity contribution in [2.24, 2.45) is 5.73 Å². The summed E-state index contributed by atoms with van der Waals surface area (Å²) in [5.41, 5.74) is 11.7. The van der Waals surface area contributed by atoms with Crippen LogP contribution < -0.4 is 16.0 Å². The SMILES string of the molecule is CC(C)c1cnn2c(NCc3c(O)cccc3-c3cc4ccccc4[nH]3)nc(N3CCC(N)CC3)nc12. The van der Waals surface area contributed by atoms with Crippen molar-refractivity contribution >= 4 is 28.4 Å². The highest BCUT2D eigenvalue weighted by atomic mass is 16.3. The highest BCUT2D eigenvalue weighted by Gasteiger charge is 2.22. The summed E-state index contributed by atoms with van der Waals surface area (Å²) in [4.78, 5) is 15.5. The largest absolute Gasteiger partial charge is 0.508 e. The molecule has 1 saturated heterocycles. The van der Waals surface area contributed by atoms with Gasteiger partial charge in [-0.2, -0.15) is 19.6 Å². The van der Waals surface area contributed by atoms with Crippen LogP contribution >= 0.6 is 0 Å². The van der Waals surface area contributed by atoms with Gasteiger partial charge in [0, 0.05) is 59.0 Å². The molecule has 0 unspecified atom stereocenters. The number of benzene rings is 2. The van der Waals surface area contributed by atoms with Crippen LogP contribution in [0.4, 0.5) is 11.9 Å². The number of fused-ring (bicyclic) bond motifs is 2. The van der Waals surface area contributed by atoms with E-state index >= 15 is 0 Å². The van der Waals surface area contributed by atoms with Crippen molar-refractivity contribution in [3.8, 4) is 17.0 Å². The van der Waals surface area contributed by atoms with Gasteiger partial charge in [0.05, 0.1) is 6.20 Å². The lowest BCUT2D eigenvalue weighted by molar-refractivity contribution is 0.469. The van der Waals surface area contributed by atoms with Gasteiger partial charge in [-0.3, -0.25) is 0 Å². The van der Waals surface area contributed by atoms with E-state index in [1.807, 2.05) is 30.5 Å². The molecule has 9 nitrogen and oxygen atoms in total. The number of anilines is 2. The fraction of sp³-hybridized carbons (Fsp3) is 0.321. The molecule has 0 radical (unpaired) electrons. The van der Waals surface area contributed by atoms with Gasteiger partial charge in [0.2, 0.25) is 11.9 Å². The molecule has 1 aliphatic heterocycles. The van der Waals surface area contributed by atoms with Crippen LogP contribution in [0.3, 0.4) is 0 Å². The average Bonchev–Trinajstić information content (AvgIpc) is 3.53. The Hall–Kier alpha value is -4.11. The number of hydrogen-bond acceptors (Lipinski definition) is 7. The van der Waals surface area contributed by atoms with Crippen LogP contribution in [0.15, 0.2) is 54.7 Å². The molecule has 5 aromatic rings. The number of nitrogens with zero attached hydrogens (tertiary/aromatic N) is 5. The Kier molecular flexibility index (Phi) is 5.92. The van der Waals surface area contributed by atoms with Gasteiger partial charge < -0.3 is 26.0 Å². The van der Waals surface area contributed by atoms with Crippen molar-refractivity contribution in [3.05, 3.63) is 65.9 Å². The van der Waals surface area contributed by atoms with Gasteiger partial charge in [0.25, 0.3) is 0 Å². The summed E-state index contributed by atoms with van der Waals surface area (Å²) >= 11 is 0. The molecule has 4 heterocycles. The van der Waals surface area contributed by atoms with Crippen molar-refractivity contribution in [3.63, 3.8) is 0 Å². The fourth-order valence-electron chi connectivity index (χ4n) is 5.04. The zero-order valence-corrected chi connectivity index (χ0v) is 21.1. The first-order valence-corrected chi connectivity index (χ1v) is 12.9. The molecule has 2 aromatic carbocycles. The Bertz CT molecular complexity index is 1530. The zero-order valence-electron chi connectivity index (χ0n) is 21.1. The molecule has 0 saturated carbocycles. The number of nitrogens with one attached hydrogen (secondary N) is 2. The van der Waals surface area contributed by atoms with Crippen LogP contribution in [0.25, 0.3) is 27.8 Å². The Balaban J connectivity index is 1.37. The summed E-state index contributed by atoms with van der Waals surface area (Å²) in [6, 6.07) is 16.1. The number of aromatic nitrogens is 5. The summed E-state index contributed by atoms with van der Waals surface area (Å²) in [6.45, 7) is 6.30. The Morgan fingerprint density at radius 2 is 1.92 bits per heavy atom. The van der Waals surface area contributed by atoms with Crippen molar-refractivity contribution in [2.45, 2.75) is 45.2 Å². The van der Waals surface area contributed by atoms with Crippen LogP contribution in [0.5, 0.6) is 5.75 Å². The van der Waals surface area contributed by atoms with E-state index in [2.05, 4.69) is 52.3 Å². The number of para-hydroxylation sites is 1. The number of nitrogens with two attached hydrogens (primary N) is 1. The van der Waals surface area contributed by atoms with Crippen molar-refractivity contribution in [1.29, 1.82) is 0 Å². The minimum atomic E-state index is 0.225. The third kappa shape index (κ3) is 4.35. The Morgan fingerprint density at radius 3 is 2.70 bits per heavy atom. The molecule has 37 heavy (non-hydrogen) atoms. The third-order valence-electron chi connectivity index (χ3n) is 7.22. The van der Waals surface area contributed by atoms with E-state index in [4.69, 9.17) is 15.7 Å². The number of hydrogen-bond donors (Lipinski definition) is 4. The molecule has 3 aromatic heterocycles. The molecule has 0 amide bonds. The van der Waals surface area contributed by atoms with E-state index < -0.39 is 0 Å². The van der Waals surface area contributed by atoms with Crippen LogP contribution in [0, 0.1) is 0 Å². The normalized spacial score (nSPS) is 14.8. The van der Waals surface area contributed by atoms with Crippen molar-refractivity contribution in [2.75, 3.05) is 23.3 Å². The standard InChI is InChI=1S/C28H32N8O/c1-17(2)21-16-31-36-26(21)33-28(35-12-10-19(29)11-13-35)34-27(36)30-15-22-20(7-5-9-25(22)37)24-14-18-6-3-4-8-23(18)32-24/h3-9,14,16-17,19,32,37H,10-13,15,29H2,1-2H3,(H,30,33,34). The maximum Gasteiger partial charge on any atom is 0.230 e. The number of rotatable bonds is 6. The highest BCUT2D eigenvalue weighted by molar-refractivity contribution is 5.86. The summed E-state index contributed by atoms with van der Waals surface area (Å²) in [5.74, 6) is 1.77. The summed E-state index contributed by atoms with van der Waals surface area (Å²) < 4.78 is 1.76. The lowest BCUT2D eigenvalue weighted by Gasteiger charge is -2.30. The molecule has 0 bridgehead atoms. The lowest BCUT2D eigenvalue weighted by atomic mass is 10.0. The van der Waals surface area contributed by atoms with Crippen molar-refractivity contribution in [1.82, 2.24) is 24.6 Å². The molecule has 1 fully saturated rings. The minimum Gasteiger partial charge on any atom is -0.508 e. The topological polar surface area (TPSA) is 120 Å². The van der Waals surface area contributed by atoms with Crippen molar-refractivity contribution < 1.29 is 5.11 Å². The predicted octanol–water partition coefficient (Wildman–Crippen LogP) is 4.64. The number of phenols is 1. The molecule has 0 atom stereocenters. The van der Waals surface area contributed by atoms with Gasteiger partial charge in [0.15, 0.2) is 5.65 Å². The Labute approximate surface area is 215 Å². The number of aromatic amines is 1. The molecular formula is C28H32N8O. The van der Waals surface area contributed by atoms with Crippen LogP contribution in [0.1, 0.15) is 43.7 Å². The van der Waals surface area contributed by atoms with Crippen LogP contribution in [0.2, 0.25) is 0 Å². The monoisotopic (exact) mass is 496 g/mol. The molecule has 1 aliphatic rings. The molecule has 0 aliphatic carbocycles. The molecule has 5 N–H and O–H groups in total. The number of H-pyrrole nitrogens is 1. The van der Waals surface area contributed by atoms with E-state index in [1.54, 1.807) is 10.6 Å². The second-order valence-electron chi connectivity index (χ2n) is 10.1. The van der Waals surface area contributed by atoms with Crippen LogP contribution in [-0.2, 0) is 6.54 Å². The summed E-state index contributed by atoms with van der Waals surface area (Å²) in [6.07, 6.45) is 3.70. The van der Waals surface area contributed by atoms with E-state index in [1.165, 1.54) is 0 Å². The first-order valence-electron chi connectivity index (χ1n) is 12.9. The average molecular weight is 497 g/mol. The summed E-state index contributed by atoms with van der Waals surface area (Å²) in [7, 11) is 0. The first kappa shape index (κ1) is 23.3. The minimum absolute atomic E-state index is 0.225. The van der Waals surface area contributed by atoms with E-state index in [0.717, 1.165) is 64.9 Å². The molecular weight excluding hydrogens is 464 g/mol.